The molecule has 0 fully saturated rings. The van der Waals surface area contributed by atoms with E-state index in [0.29, 0.717) is 5.82 Å². The first-order valence-electron chi connectivity index (χ1n) is 7.00. The Balaban J connectivity index is 1.90. The number of nitrogens with zero attached hydrogens (tertiary/aromatic N) is 4. The quantitative estimate of drug-likeness (QED) is 0.719. The van der Waals surface area contributed by atoms with Crippen LogP contribution < -0.4 is 0 Å². The SMILES string of the molecule is CC(C)(C)c1ccc(-n2nnc(-c3ccccc3)n2)cc1. The minimum absolute atomic E-state index is 0.142. The Morgan fingerprint density at radius 1 is 0.857 bits per heavy atom. The molecule has 0 radical (unpaired) electrons. The van der Waals surface area contributed by atoms with Crippen LogP contribution in [-0.4, -0.2) is 20.2 Å². The van der Waals surface area contributed by atoms with Crippen LogP contribution in [0.3, 0.4) is 0 Å². The molecule has 2 aromatic carbocycles. The van der Waals surface area contributed by atoms with Gasteiger partial charge in [-0.15, -0.1) is 15.0 Å². The van der Waals surface area contributed by atoms with Gasteiger partial charge in [0, 0.05) is 5.56 Å². The van der Waals surface area contributed by atoms with Crippen LogP contribution in [0.4, 0.5) is 0 Å². The monoisotopic (exact) mass is 278 g/mol. The van der Waals surface area contributed by atoms with Gasteiger partial charge in [-0.3, -0.25) is 0 Å². The van der Waals surface area contributed by atoms with Gasteiger partial charge in [0.1, 0.15) is 0 Å². The highest BCUT2D eigenvalue weighted by Gasteiger charge is 2.13. The molecule has 1 aromatic heterocycles. The van der Waals surface area contributed by atoms with Crippen LogP contribution in [0.5, 0.6) is 0 Å². The number of tetrazole rings is 1. The topological polar surface area (TPSA) is 43.6 Å². The molecule has 3 aromatic rings. The molecule has 0 aliphatic rings. The molecular formula is C17H18N4. The van der Waals surface area contributed by atoms with E-state index in [0.717, 1.165) is 11.3 Å². The van der Waals surface area contributed by atoms with Crippen LogP contribution in [0.25, 0.3) is 17.1 Å². The van der Waals surface area contributed by atoms with Crippen molar-refractivity contribution in [3.63, 3.8) is 0 Å². The molecule has 3 rings (SSSR count). The van der Waals surface area contributed by atoms with Crippen molar-refractivity contribution in [2.75, 3.05) is 0 Å². The second kappa shape index (κ2) is 5.13. The van der Waals surface area contributed by atoms with E-state index in [1.165, 1.54) is 5.56 Å². The van der Waals surface area contributed by atoms with E-state index in [4.69, 9.17) is 0 Å². The minimum Gasteiger partial charge on any atom is -0.130 e. The van der Waals surface area contributed by atoms with E-state index in [-0.39, 0.29) is 5.41 Å². The summed E-state index contributed by atoms with van der Waals surface area (Å²) < 4.78 is 0. The normalized spacial score (nSPS) is 11.6. The van der Waals surface area contributed by atoms with Crippen molar-refractivity contribution in [3.05, 3.63) is 60.2 Å². The summed E-state index contributed by atoms with van der Waals surface area (Å²) in [5.74, 6) is 0.635. The molecule has 0 saturated heterocycles. The second-order valence-electron chi connectivity index (χ2n) is 6.07. The lowest BCUT2D eigenvalue weighted by Crippen LogP contribution is -2.11. The highest BCUT2D eigenvalue weighted by Crippen LogP contribution is 2.23. The summed E-state index contributed by atoms with van der Waals surface area (Å²) in [6.45, 7) is 6.59. The van der Waals surface area contributed by atoms with E-state index in [1.807, 2.05) is 42.5 Å². The Hall–Kier alpha value is -2.49. The van der Waals surface area contributed by atoms with E-state index in [1.54, 1.807) is 4.80 Å². The van der Waals surface area contributed by atoms with Crippen molar-refractivity contribution < 1.29 is 0 Å². The third kappa shape index (κ3) is 2.84. The van der Waals surface area contributed by atoms with Gasteiger partial charge in [0.2, 0.25) is 5.82 Å². The molecule has 0 saturated carbocycles. The van der Waals surface area contributed by atoms with Crippen molar-refractivity contribution in [2.24, 2.45) is 0 Å². The van der Waals surface area contributed by atoms with Crippen molar-refractivity contribution in [2.45, 2.75) is 26.2 Å². The van der Waals surface area contributed by atoms with Crippen LogP contribution in [0.1, 0.15) is 26.3 Å². The second-order valence-corrected chi connectivity index (χ2v) is 6.07. The summed E-state index contributed by atoms with van der Waals surface area (Å²) >= 11 is 0. The van der Waals surface area contributed by atoms with Gasteiger partial charge < -0.3 is 0 Å². The first-order valence-corrected chi connectivity index (χ1v) is 7.00. The fourth-order valence-corrected chi connectivity index (χ4v) is 2.12. The van der Waals surface area contributed by atoms with Crippen molar-refractivity contribution in [3.8, 4) is 17.1 Å². The maximum absolute atomic E-state index is 4.44. The Bertz CT molecular complexity index is 721. The number of benzene rings is 2. The standard InChI is InChI=1S/C17H18N4/c1-17(2,3)14-9-11-15(12-10-14)21-19-16(18-20-21)13-7-5-4-6-8-13/h4-12H,1-3H3. The Kier molecular flexibility index (Phi) is 3.29. The molecule has 1 heterocycles. The zero-order chi connectivity index (χ0) is 14.9. The molecule has 4 heteroatoms. The molecule has 0 aliphatic heterocycles. The summed E-state index contributed by atoms with van der Waals surface area (Å²) in [6.07, 6.45) is 0. The van der Waals surface area contributed by atoms with Gasteiger partial charge in [0.15, 0.2) is 0 Å². The van der Waals surface area contributed by atoms with Gasteiger partial charge in [-0.2, -0.15) is 0 Å². The van der Waals surface area contributed by atoms with E-state index < -0.39 is 0 Å². The van der Waals surface area contributed by atoms with Crippen LogP contribution in [0.2, 0.25) is 0 Å². The highest BCUT2D eigenvalue weighted by atomic mass is 15.6. The average molecular weight is 278 g/mol. The number of hydrogen-bond donors (Lipinski definition) is 0. The molecule has 0 N–H and O–H groups in total. The molecule has 0 bridgehead atoms. The molecule has 0 aliphatic carbocycles. The third-order valence-corrected chi connectivity index (χ3v) is 3.41. The third-order valence-electron chi connectivity index (χ3n) is 3.41. The number of hydrogen-bond acceptors (Lipinski definition) is 3. The molecule has 106 valence electrons. The molecule has 0 atom stereocenters. The molecule has 0 unspecified atom stereocenters. The minimum atomic E-state index is 0.142. The Morgan fingerprint density at radius 3 is 2.14 bits per heavy atom. The average Bonchev–Trinajstić information content (AvgIpc) is 2.97. The zero-order valence-corrected chi connectivity index (χ0v) is 12.5. The van der Waals surface area contributed by atoms with Crippen molar-refractivity contribution in [1.29, 1.82) is 0 Å². The summed E-state index contributed by atoms with van der Waals surface area (Å²) in [6, 6.07) is 18.1. The summed E-state index contributed by atoms with van der Waals surface area (Å²) in [5, 5.41) is 12.7. The van der Waals surface area contributed by atoms with Gasteiger partial charge in [0.25, 0.3) is 0 Å². The first-order chi connectivity index (χ1) is 10.0. The predicted octanol–water partition coefficient (Wildman–Crippen LogP) is 3.63. The van der Waals surface area contributed by atoms with Crippen LogP contribution in [0, 0.1) is 0 Å². The maximum atomic E-state index is 4.44. The summed E-state index contributed by atoms with van der Waals surface area (Å²) in [7, 11) is 0. The Morgan fingerprint density at radius 2 is 1.52 bits per heavy atom. The van der Waals surface area contributed by atoms with Crippen LogP contribution >= 0.6 is 0 Å². The fraction of sp³-hybridized carbons (Fsp3) is 0.235. The summed E-state index contributed by atoms with van der Waals surface area (Å²) in [4.78, 5) is 1.56. The van der Waals surface area contributed by atoms with Crippen LogP contribution in [-0.2, 0) is 5.41 Å². The predicted molar refractivity (Wildman–Crippen MR) is 83.3 cm³/mol. The van der Waals surface area contributed by atoms with Gasteiger partial charge in [-0.25, -0.2) is 0 Å². The van der Waals surface area contributed by atoms with Gasteiger partial charge in [-0.1, -0.05) is 63.2 Å². The largest absolute Gasteiger partial charge is 0.205 e. The van der Waals surface area contributed by atoms with Gasteiger partial charge in [-0.05, 0) is 28.3 Å². The lowest BCUT2D eigenvalue weighted by molar-refractivity contribution is 0.589. The number of rotatable bonds is 2. The first kappa shape index (κ1) is 13.5. The zero-order valence-electron chi connectivity index (χ0n) is 12.5. The molecule has 4 nitrogen and oxygen atoms in total. The van der Waals surface area contributed by atoms with Crippen molar-refractivity contribution in [1.82, 2.24) is 20.2 Å². The summed E-state index contributed by atoms with van der Waals surface area (Å²) in [5.41, 5.74) is 3.31. The smallest absolute Gasteiger partial charge is 0.130 e. The van der Waals surface area contributed by atoms with Crippen molar-refractivity contribution >= 4 is 0 Å². The van der Waals surface area contributed by atoms with E-state index >= 15 is 0 Å². The molecule has 0 amide bonds. The lowest BCUT2D eigenvalue weighted by atomic mass is 9.87. The van der Waals surface area contributed by atoms with E-state index in [9.17, 15) is 0 Å². The fourth-order valence-electron chi connectivity index (χ4n) is 2.12. The molecule has 21 heavy (non-hydrogen) atoms. The van der Waals surface area contributed by atoms with Gasteiger partial charge in [0.05, 0.1) is 5.69 Å². The van der Waals surface area contributed by atoms with E-state index in [2.05, 4.69) is 48.3 Å². The van der Waals surface area contributed by atoms with Crippen LogP contribution in [0.15, 0.2) is 54.6 Å². The number of aromatic nitrogens is 4. The maximum Gasteiger partial charge on any atom is 0.205 e. The highest BCUT2D eigenvalue weighted by molar-refractivity contribution is 5.53. The van der Waals surface area contributed by atoms with Gasteiger partial charge >= 0.3 is 0 Å². The Labute approximate surface area is 124 Å². The molecular weight excluding hydrogens is 260 g/mol. The molecule has 0 spiro atoms. The lowest BCUT2D eigenvalue weighted by Gasteiger charge is -2.18.